The number of carboxylic acid groups (broad SMARTS) is 1. The van der Waals surface area contributed by atoms with Gasteiger partial charge in [-0.2, -0.15) is 0 Å². The Hall–Kier alpha value is -3.21. The van der Waals surface area contributed by atoms with Crippen molar-refractivity contribution in [3.8, 4) is 0 Å². The zero-order chi connectivity index (χ0) is 18.7. The standard InChI is InChI=1S/C21H19NO4/c1-14-2-4-16(5-3-14)12-17-13-19(23)22(21(17)26)18-9-6-15(7-10-18)8-11-20(24)25/h2-11,17H,12-13H2,1H3,(H,24,25)/b11-8+. The molecule has 1 heterocycles. The van der Waals surface area contributed by atoms with Gasteiger partial charge in [0, 0.05) is 12.5 Å². The summed E-state index contributed by atoms with van der Waals surface area (Å²) in [7, 11) is 0. The van der Waals surface area contributed by atoms with E-state index >= 15 is 0 Å². The lowest BCUT2D eigenvalue weighted by molar-refractivity contribution is -0.131. The zero-order valence-electron chi connectivity index (χ0n) is 14.4. The third-order valence-electron chi connectivity index (χ3n) is 4.41. The van der Waals surface area contributed by atoms with Crippen LogP contribution >= 0.6 is 0 Å². The molecule has 2 aromatic rings. The molecule has 0 bridgehead atoms. The minimum Gasteiger partial charge on any atom is -0.478 e. The van der Waals surface area contributed by atoms with Gasteiger partial charge >= 0.3 is 5.97 Å². The SMILES string of the molecule is Cc1ccc(CC2CC(=O)N(c3ccc(/C=C/C(=O)O)cc3)C2=O)cc1. The molecule has 3 rings (SSSR count). The highest BCUT2D eigenvalue weighted by atomic mass is 16.4. The minimum atomic E-state index is -1.03. The number of hydrogen-bond donors (Lipinski definition) is 1. The number of hydrogen-bond acceptors (Lipinski definition) is 3. The summed E-state index contributed by atoms with van der Waals surface area (Å²) in [5.74, 6) is -1.78. The van der Waals surface area contributed by atoms with Crippen molar-refractivity contribution >= 4 is 29.5 Å². The van der Waals surface area contributed by atoms with Crippen LogP contribution in [0.3, 0.4) is 0 Å². The molecule has 0 aromatic heterocycles. The Balaban J connectivity index is 1.74. The molecule has 0 aliphatic carbocycles. The monoisotopic (exact) mass is 349 g/mol. The molecule has 1 unspecified atom stereocenters. The van der Waals surface area contributed by atoms with Crippen LogP contribution in [0, 0.1) is 12.8 Å². The lowest BCUT2D eigenvalue weighted by atomic mass is 9.97. The Kier molecular flexibility index (Phi) is 4.98. The summed E-state index contributed by atoms with van der Waals surface area (Å²) in [6, 6.07) is 14.6. The third-order valence-corrected chi connectivity index (χ3v) is 4.41. The maximum Gasteiger partial charge on any atom is 0.328 e. The van der Waals surface area contributed by atoms with Gasteiger partial charge in [0.1, 0.15) is 0 Å². The number of aryl methyl sites for hydroxylation is 1. The summed E-state index contributed by atoms with van der Waals surface area (Å²) in [5.41, 5.74) is 3.39. The predicted octanol–water partition coefficient (Wildman–Crippen LogP) is 3.22. The second kappa shape index (κ2) is 7.35. The van der Waals surface area contributed by atoms with Gasteiger partial charge in [-0.25, -0.2) is 4.79 Å². The van der Waals surface area contributed by atoms with Gasteiger partial charge in [-0.05, 0) is 42.7 Å². The van der Waals surface area contributed by atoms with Crippen molar-refractivity contribution in [1.82, 2.24) is 0 Å². The maximum absolute atomic E-state index is 12.7. The van der Waals surface area contributed by atoms with Gasteiger partial charge in [0.2, 0.25) is 11.8 Å². The van der Waals surface area contributed by atoms with Gasteiger partial charge in [0.05, 0.1) is 11.6 Å². The van der Waals surface area contributed by atoms with Gasteiger partial charge in [-0.15, -0.1) is 0 Å². The smallest absolute Gasteiger partial charge is 0.328 e. The molecule has 0 spiro atoms. The first-order valence-corrected chi connectivity index (χ1v) is 8.37. The highest BCUT2D eigenvalue weighted by molar-refractivity contribution is 6.21. The maximum atomic E-state index is 12.7. The molecular weight excluding hydrogens is 330 g/mol. The van der Waals surface area contributed by atoms with Crippen molar-refractivity contribution in [2.24, 2.45) is 5.92 Å². The molecule has 2 amide bonds. The number of benzene rings is 2. The van der Waals surface area contributed by atoms with Crippen molar-refractivity contribution in [1.29, 1.82) is 0 Å². The zero-order valence-corrected chi connectivity index (χ0v) is 14.4. The Morgan fingerprint density at radius 3 is 2.38 bits per heavy atom. The number of imide groups is 1. The first-order chi connectivity index (χ1) is 12.4. The van der Waals surface area contributed by atoms with Crippen LogP contribution in [-0.2, 0) is 20.8 Å². The highest BCUT2D eigenvalue weighted by Gasteiger charge is 2.39. The van der Waals surface area contributed by atoms with E-state index in [9.17, 15) is 14.4 Å². The van der Waals surface area contributed by atoms with Crippen LogP contribution in [0.1, 0.15) is 23.1 Å². The van der Waals surface area contributed by atoms with Crippen LogP contribution < -0.4 is 4.90 Å². The van der Waals surface area contributed by atoms with Crippen LogP contribution in [0.15, 0.2) is 54.6 Å². The van der Waals surface area contributed by atoms with Gasteiger partial charge in [0.15, 0.2) is 0 Å². The molecule has 5 nitrogen and oxygen atoms in total. The average molecular weight is 349 g/mol. The lowest BCUT2D eigenvalue weighted by Gasteiger charge is -2.15. The molecule has 1 saturated heterocycles. The molecule has 1 aliphatic heterocycles. The Morgan fingerprint density at radius 1 is 1.12 bits per heavy atom. The largest absolute Gasteiger partial charge is 0.478 e. The minimum absolute atomic E-state index is 0.190. The van der Waals surface area contributed by atoms with E-state index in [2.05, 4.69) is 0 Å². The summed E-state index contributed by atoms with van der Waals surface area (Å²) < 4.78 is 0. The van der Waals surface area contributed by atoms with Crippen molar-refractivity contribution < 1.29 is 19.5 Å². The Morgan fingerprint density at radius 2 is 1.77 bits per heavy atom. The van der Waals surface area contributed by atoms with E-state index in [0.29, 0.717) is 17.7 Å². The summed E-state index contributed by atoms with van der Waals surface area (Å²) >= 11 is 0. The fraction of sp³-hybridized carbons (Fsp3) is 0.190. The Bertz CT molecular complexity index is 866. The predicted molar refractivity (Wildman–Crippen MR) is 98.6 cm³/mol. The number of aliphatic carboxylic acids is 1. The van der Waals surface area contributed by atoms with Gasteiger partial charge in [-0.1, -0.05) is 42.0 Å². The highest BCUT2D eigenvalue weighted by Crippen LogP contribution is 2.29. The van der Waals surface area contributed by atoms with Crippen LogP contribution in [0.2, 0.25) is 0 Å². The summed E-state index contributed by atoms with van der Waals surface area (Å²) in [6.07, 6.45) is 3.24. The number of carbonyl (C=O) groups is 3. The topological polar surface area (TPSA) is 74.7 Å². The van der Waals surface area contributed by atoms with Crippen LogP contribution in [-0.4, -0.2) is 22.9 Å². The summed E-state index contributed by atoms with van der Waals surface area (Å²) in [5, 5.41) is 8.65. The van der Waals surface area contributed by atoms with Gasteiger partial charge in [-0.3, -0.25) is 14.5 Å². The van der Waals surface area contributed by atoms with Crippen LogP contribution in [0.5, 0.6) is 0 Å². The lowest BCUT2D eigenvalue weighted by Crippen LogP contribution is -2.30. The number of rotatable bonds is 5. The van der Waals surface area contributed by atoms with E-state index in [1.807, 2.05) is 31.2 Å². The quantitative estimate of drug-likeness (QED) is 0.664. The average Bonchev–Trinajstić information content (AvgIpc) is 2.89. The Labute approximate surface area is 151 Å². The molecule has 1 N–H and O–H groups in total. The second-order valence-electron chi connectivity index (χ2n) is 6.42. The third kappa shape index (κ3) is 3.88. The molecule has 0 radical (unpaired) electrons. The number of anilines is 1. The number of carbonyl (C=O) groups excluding carboxylic acids is 2. The normalized spacial score (nSPS) is 17.3. The molecule has 26 heavy (non-hydrogen) atoms. The van der Waals surface area contributed by atoms with E-state index in [1.54, 1.807) is 24.3 Å². The van der Waals surface area contributed by atoms with E-state index in [0.717, 1.165) is 17.2 Å². The second-order valence-corrected chi connectivity index (χ2v) is 6.42. The summed E-state index contributed by atoms with van der Waals surface area (Å²) in [6.45, 7) is 2.01. The first-order valence-electron chi connectivity index (χ1n) is 8.37. The van der Waals surface area contributed by atoms with Crippen molar-refractivity contribution in [2.45, 2.75) is 19.8 Å². The van der Waals surface area contributed by atoms with Crippen LogP contribution in [0.4, 0.5) is 5.69 Å². The summed E-state index contributed by atoms with van der Waals surface area (Å²) in [4.78, 5) is 36.8. The van der Waals surface area contributed by atoms with Crippen LogP contribution in [0.25, 0.3) is 6.08 Å². The van der Waals surface area contributed by atoms with E-state index in [1.165, 1.54) is 11.0 Å². The number of nitrogens with zero attached hydrogens (tertiary/aromatic N) is 1. The molecule has 132 valence electrons. The van der Waals surface area contributed by atoms with E-state index < -0.39 is 5.97 Å². The molecule has 0 saturated carbocycles. The van der Waals surface area contributed by atoms with Crippen molar-refractivity contribution in [3.63, 3.8) is 0 Å². The first kappa shape index (κ1) is 17.6. The fourth-order valence-corrected chi connectivity index (χ4v) is 3.04. The van der Waals surface area contributed by atoms with E-state index in [-0.39, 0.29) is 24.2 Å². The molecule has 1 atom stereocenters. The molecular formula is C21H19NO4. The van der Waals surface area contributed by atoms with Crippen molar-refractivity contribution in [3.05, 3.63) is 71.3 Å². The number of amides is 2. The molecule has 5 heteroatoms. The molecule has 1 fully saturated rings. The van der Waals surface area contributed by atoms with E-state index in [4.69, 9.17) is 5.11 Å². The fourth-order valence-electron chi connectivity index (χ4n) is 3.04. The number of carboxylic acids is 1. The van der Waals surface area contributed by atoms with Gasteiger partial charge in [0.25, 0.3) is 0 Å². The molecule has 1 aliphatic rings. The van der Waals surface area contributed by atoms with Gasteiger partial charge < -0.3 is 5.11 Å². The molecule has 2 aromatic carbocycles. The van der Waals surface area contributed by atoms with Crippen molar-refractivity contribution in [2.75, 3.05) is 4.90 Å².